The quantitative estimate of drug-likeness (QED) is 0.765. The van der Waals surface area contributed by atoms with E-state index in [1.165, 1.54) is 0 Å². The van der Waals surface area contributed by atoms with Crippen molar-refractivity contribution in [1.29, 1.82) is 0 Å². The van der Waals surface area contributed by atoms with Crippen LogP contribution in [0, 0.1) is 0 Å². The summed E-state index contributed by atoms with van der Waals surface area (Å²) in [4.78, 5) is 30.8. The van der Waals surface area contributed by atoms with Gasteiger partial charge in [0.1, 0.15) is 0 Å². The maximum absolute atomic E-state index is 12.6. The van der Waals surface area contributed by atoms with E-state index in [9.17, 15) is 9.59 Å². The highest BCUT2D eigenvalue weighted by Gasteiger charge is 2.42. The predicted octanol–water partition coefficient (Wildman–Crippen LogP) is 2.24. The summed E-state index contributed by atoms with van der Waals surface area (Å²) in [5, 5.41) is 0.612. The summed E-state index contributed by atoms with van der Waals surface area (Å²) in [6.45, 7) is 4.16. The second-order valence-electron chi connectivity index (χ2n) is 5.73. The fraction of sp³-hybridized carbons (Fsp3) is 0.353. The van der Waals surface area contributed by atoms with Crippen LogP contribution >= 0.6 is 11.8 Å². The van der Waals surface area contributed by atoms with Crippen molar-refractivity contribution in [2.75, 3.05) is 19.9 Å². The van der Waals surface area contributed by atoms with E-state index in [-0.39, 0.29) is 25.1 Å². The largest absolute Gasteiger partial charge is 0.463 e. The number of esters is 1. The van der Waals surface area contributed by atoms with E-state index < -0.39 is 12.0 Å². The van der Waals surface area contributed by atoms with Gasteiger partial charge in [-0.2, -0.15) is 0 Å². The standard InChI is InChI=1S/C17H16N2O5S/c1-3-22-16(21)14-9(2)18-17-19(7-13(20)25-17)15(14)10-4-5-11-12(6-10)24-8-23-11/h4-6,15H,3,7-8H2,1-2H3. The van der Waals surface area contributed by atoms with Crippen molar-refractivity contribution in [3.63, 3.8) is 0 Å². The van der Waals surface area contributed by atoms with Crippen LogP contribution in [0.2, 0.25) is 0 Å². The number of amidine groups is 1. The number of hydrogen-bond acceptors (Lipinski definition) is 8. The van der Waals surface area contributed by atoms with Gasteiger partial charge in [0.25, 0.3) is 0 Å². The third kappa shape index (κ3) is 2.66. The van der Waals surface area contributed by atoms with Crippen LogP contribution in [0.5, 0.6) is 11.5 Å². The zero-order chi connectivity index (χ0) is 17.6. The minimum absolute atomic E-state index is 0.00222. The second kappa shape index (κ2) is 6.11. The summed E-state index contributed by atoms with van der Waals surface area (Å²) in [7, 11) is 0. The minimum atomic E-state index is -0.444. The number of hydrogen-bond donors (Lipinski definition) is 0. The number of nitrogens with zero attached hydrogens (tertiary/aromatic N) is 2. The van der Waals surface area contributed by atoms with Gasteiger partial charge in [-0.1, -0.05) is 6.07 Å². The van der Waals surface area contributed by atoms with E-state index >= 15 is 0 Å². The summed E-state index contributed by atoms with van der Waals surface area (Å²) >= 11 is 1.10. The smallest absolute Gasteiger partial charge is 0.338 e. The molecule has 1 unspecified atom stereocenters. The Bertz CT molecular complexity index is 832. The molecule has 3 aliphatic heterocycles. The topological polar surface area (TPSA) is 77.4 Å². The summed E-state index contributed by atoms with van der Waals surface area (Å²) in [6, 6.07) is 5.09. The number of carbonyl (C=O) groups is 2. The Morgan fingerprint density at radius 2 is 2.20 bits per heavy atom. The number of thioether (sulfide) groups is 1. The van der Waals surface area contributed by atoms with Gasteiger partial charge in [0.05, 0.1) is 30.5 Å². The van der Waals surface area contributed by atoms with E-state index in [4.69, 9.17) is 14.2 Å². The fourth-order valence-corrected chi connectivity index (χ4v) is 4.02. The van der Waals surface area contributed by atoms with E-state index in [2.05, 4.69) is 4.99 Å². The van der Waals surface area contributed by atoms with Crippen molar-refractivity contribution >= 4 is 28.0 Å². The van der Waals surface area contributed by atoms with Crippen LogP contribution in [-0.4, -0.2) is 41.1 Å². The molecule has 1 fully saturated rings. The molecule has 3 aliphatic rings. The van der Waals surface area contributed by atoms with Gasteiger partial charge in [0.2, 0.25) is 11.9 Å². The molecule has 7 nitrogen and oxygen atoms in total. The van der Waals surface area contributed by atoms with Gasteiger partial charge in [0, 0.05) is 0 Å². The number of fused-ring (bicyclic) bond motifs is 2. The monoisotopic (exact) mass is 360 g/mol. The molecule has 3 heterocycles. The Hall–Kier alpha value is -2.48. The molecule has 0 radical (unpaired) electrons. The first-order chi connectivity index (χ1) is 12.1. The van der Waals surface area contributed by atoms with Gasteiger partial charge < -0.3 is 19.1 Å². The van der Waals surface area contributed by atoms with Crippen LogP contribution in [0.25, 0.3) is 0 Å². The molecule has 1 aromatic rings. The van der Waals surface area contributed by atoms with Crippen LogP contribution in [0.1, 0.15) is 25.5 Å². The zero-order valence-corrected chi connectivity index (χ0v) is 14.6. The molecule has 1 atom stereocenters. The molecule has 0 bridgehead atoms. The molecular formula is C17H16N2O5S. The highest BCUT2D eigenvalue weighted by atomic mass is 32.2. The number of allylic oxidation sites excluding steroid dienone is 1. The minimum Gasteiger partial charge on any atom is -0.463 e. The highest BCUT2D eigenvalue weighted by molar-refractivity contribution is 8.26. The first kappa shape index (κ1) is 16.0. The molecule has 0 aliphatic carbocycles. The van der Waals surface area contributed by atoms with Gasteiger partial charge >= 0.3 is 5.97 Å². The summed E-state index contributed by atoms with van der Waals surface area (Å²) in [5.41, 5.74) is 1.84. The molecule has 1 aromatic carbocycles. The summed E-state index contributed by atoms with van der Waals surface area (Å²) < 4.78 is 16.0. The van der Waals surface area contributed by atoms with Crippen molar-refractivity contribution in [1.82, 2.24) is 4.90 Å². The van der Waals surface area contributed by atoms with E-state index in [1.54, 1.807) is 13.8 Å². The average molecular weight is 360 g/mol. The molecule has 1 saturated heterocycles. The van der Waals surface area contributed by atoms with Crippen LogP contribution in [0.15, 0.2) is 34.5 Å². The van der Waals surface area contributed by atoms with Crippen LogP contribution in [0.3, 0.4) is 0 Å². The van der Waals surface area contributed by atoms with Crippen molar-refractivity contribution in [3.05, 3.63) is 35.0 Å². The SMILES string of the molecule is CCOC(=O)C1=C(C)N=C2SC(=O)CN2C1c1ccc2c(c1)OCO2. The molecule has 4 rings (SSSR count). The van der Waals surface area contributed by atoms with Gasteiger partial charge in [-0.05, 0) is 43.3 Å². The lowest BCUT2D eigenvalue weighted by Crippen LogP contribution is -2.37. The molecule has 0 aromatic heterocycles. The van der Waals surface area contributed by atoms with E-state index in [0.717, 1.165) is 17.3 Å². The molecule has 0 spiro atoms. The molecule has 8 heteroatoms. The highest BCUT2D eigenvalue weighted by Crippen LogP contribution is 2.43. The fourth-order valence-electron chi connectivity index (χ4n) is 3.14. The van der Waals surface area contributed by atoms with Crippen LogP contribution < -0.4 is 9.47 Å². The van der Waals surface area contributed by atoms with Gasteiger partial charge in [0.15, 0.2) is 16.7 Å². The number of aliphatic imine (C=N–C) groups is 1. The third-order valence-electron chi connectivity index (χ3n) is 4.20. The van der Waals surface area contributed by atoms with Crippen molar-refractivity contribution < 1.29 is 23.8 Å². The Kier molecular flexibility index (Phi) is 3.91. The van der Waals surface area contributed by atoms with Crippen LogP contribution in [0.4, 0.5) is 0 Å². The number of benzene rings is 1. The lowest BCUT2D eigenvalue weighted by Gasteiger charge is -2.33. The zero-order valence-electron chi connectivity index (χ0n) is 13.8. The second-order valence-corrected chi connectivity index (χ2v) is 6.76. The third-order valence-corrected chi connectivity index (χ3v) is 5.06. The van der Waals surface area contributed by atoms with Crippen molar-refractivity contribution in [2.45, 2.75) is 19.9 Å². The maximum atomic E-state index is 12.6. The number of rotatable bonds is 3. The maximum Gasteiger partial charge on any atom is 0.338 e. The van der Waals surface area contributed by atoms with Crippen molar-refractivity contribution in [2.24, 2.45) is 4.99 Å². The molecule has 0 amide bonds. The Morgan fingerprint density at radius 3 is 3.00 bits per heavy atom. The normalized spacial score (nSPS) is 21.4. The van der Waals surface area contributed by atoms with E-state index in [1.807, 2.05) is 23.1 Å². The first-order valence-corrected chi connectivity index (χ1v) is 8.73. The summed E-state index contributed by atoms with van der Waals surface area (Å²) in [6.07, 6.45) is 0. The Labute approximate surface area is 148 Å². The van der Waals surface area contributed by atoms with Gasteiger partial charge in [-0.25, -0.2) is 9.79 Å². The average Bonchev–Trinajstić information content (AvgIpc) is 3.18. The molecule has 25 heavy (non-hydrogen) atoms. The van der Waals surface area contributed by atoms with E-state index in [0.29, 0.717) is 27.9 Å². The Morgan fingerprint density at radius 1 is 1.40 bits per heavy atom. The predicted molar refractivity (Wildman–Crippen MR) is 91.4 cm³/mol. The molecule has 0 N–H and O–H groups in total. The molecule has 130 valence electrons. The lowest BCUT2D eigenvalue weighted by molar-refractivity contribution is -0.139. The first-order valence-electron chi connectivity index (χ1n) is 7.92. The number of ether oxygens (including phenoxy) is 3. The van der Waals surface area contributed by atoms with Crippen molar-refractivity contribution in [3.8, 4) is 11.5 Å². The van der Waals surface area contributed by atoms with Crippen LogP contribution in [-0.2, 0) is 14.3 Å². The Balaban J connectivity index is 1.82. The lowest BCUT2D eigenvalue weighted by atomic mass is 9.94. The molecular weight excluding hydrogens is 344 g/mol. The number of carbonyl (C=O) groups excluding carboxylic acids is 2. The summed E-state index contributed by atoms with van der Waals surface area (Å²) in [5.74, 6) is 0.870. The van der Waals surface area contributed by atoms with Gasteiger partial charge in [-0.3, -0.25) is 4.79 Å². The van der Waals surface area contributed by atoms with Gasteiger partial charge in [-0.15, -0.1) is 0 Å². The molecule has 0 saturated carbocycles.